The quantitative estimate of drug-likeness (QED) is 0.281. The fourth-order valence-electron chi connectivity index (χ4n) is 6.15. The second kappa shape index (κ2) is 8.18. The molecule has 0 unspecified atom stereocenters. The van der Waals surface area contributed by atoms with Crippen LogP contribution < -0.4 is 5.32 Å². The summed E-state index contributed by atoms with van der Waals surface area (Å²) in [5.41, 5.74) is -0.0121. The molecule has 38 heavy (non-hydrogen) atoms. The highest BCUT2D eigenvalue weighted by atomic mass is 16.9. The van der Waals surface area contributed by atoms with Crippen LogP contribution in [0.4, 0.5) is 5.69 Å². The first-order valence-corrected chi connectivity index (χ1v) is 12.9. The summed E-state index contributed by atoms with van der Waals surface area (Å²) in [5.74, 6) is -1.32. The molecule has 0 aliphatic carbocycles. The number of epoxide rings is 1. The molecule has 3 saturated heterocycles. The van der Waals surface area contributed by atoms with Gasteiger partial charge in [0.1, 0.15) is 6.04 Å². The van der Waals surface area contributed by atoms with Crippen molar-refractivity contribution in [2.45, 2.75) is 68.9 Å². The van der Waals surface area contributed by atoms with Gasteiger partial charge in [0.25, 0.3) is 11.6 Å². The lowest BCUT2D eigenvalue weighted by molar-refractivity contribution is -0.384. The van der Waals surface area contributed by atoms with Crippen molar-refractivity contribution >= 4 is 5.69 Å². The minimum Gasteiger partial charge on any atom is -0.342 e. The first-order chi connectivity index (χ1) is 18.0. The summed E-state index contributed by atoms with van der Waals surface area (Å²) in [6.07, 6.45) is 0. The van der Waals surface area contributed by atoms with E-state index >= 15 is 0 Å². The standard InChI is InChI=1S/C30H33N3O5/c1-26(2,3)32-25(21-16-18-24(19-17-21)33(34)35)29(30(38-32)31-27(4,5)20-36-30)28(37-29,22-12-8-6-9-13-22)23-14-10-7-11-15-23/h6-19,25,31H,20H2,1-5H3/t25-,29+,30+/m0/s1. The number of non-ortho nitro benzene ring substituents is 1. The monoisotopic (exact) mass is 515 g/mol. The minimum absolute atomic E-state index is 0.0317. The second-order valence-electron chi connectivity index (χ2n) is 12.0. The molecule has 3 aliphatic heterocycles. The molecule has 8 nitrogen and oxygen atoms in total. The number of rotatable bonds is 4. The highest BCUT2D eigenvalue weighted by Gasteiger charge is 2.91. The lowest BCUT2D eigenvalue weighted by Gasteiger charge is -2.35. The van der Waals surface area contributed by atoms with Crippen molar-refractivity contribution in [3.63, 3.8) is 0 Å². The maximum atomic E-state index is 11.5. The van der Waals surface area contributed by atoms with Crippen molar-refractivity contribution in [3.05, 3.63) is 112 Å². The van der Waals surface area contributed by atoms with Crippen LogP contribution in [-0.4, -0.2) is 39.2 Å². The SMILES string of the molecule is CC1(C)CO[C@@]2(N1)ON(C(C)(C)C)[C@@H](c1ccc([N+](=O)[O-])cc1)[C@]21OC1(c1ccccc1)c1ccccc1. The molecule has 2 spiro atoms. The van der Waals surface area contributed by atoms with Crippen LogP contribution in [0, 0.1) is 10.1 Å². The van der Waals surface area contributed by atoms with E-state index in [-0.39, 0.29) is 16.1 Å². The molecule has 1 N–H and O–H groups in total. The fraction of sp³-hybridized carbons (Fsp3) is 0.400. The average Bonchev–Trinajstić information content (AvgIpc) is 3.39. The number of nitro groups is 1. The van der Waals surface area contributed by atoms with Gasteiger partial charge in [-0.3, -0.25) is 15.4 Å². The van der Waals surface area contributed by atoms with Gasteiger partial charge in [-0.1, -0.05) is 72.8 Å². The normalized spacial score (nSPS) is 29.7. The number of hydrogen-bond acceptors (Lipinski definition) is 7. The molecular weight excluding hydrogens is 482 g/mol. The number of nitrogens with one attached hydrogen (secondary N) is 1. The van der Waals surface area contributed by atoms with Crippen molar-refractivity contribution in [2.24, 2.45) is 0 Å². The van der Waals surface area contributed by atoms with Crippen LogP contribution in [-0.2, 0) is 19.9 Å². The number of ether oxygens (including phenoxy) is 2. The Morgan fingerprint density at radius 2 is 1.47 bits per heavy atom. The third-order valence-electron chi connectivity index (χ3n) is 7.71. The Labute approximate surface area is 222 Å². The molecule has 8 heteroatoms. The number of fused-ring (bicyclic) bond motifs is 1. The van der Waals surface area contributed by atoms with Gasteiger partial charge in [-0.05, 0) is 51.3 Å². The van der Waals surface area contributed by atoms with Gasteiger partial charge in [-0.15, -0.1) is 0 Å². The third kappa shape index (κ3) is 3.41. The lowest BCUT2D eigenvalue weighted by atomic mass is 9.73. The van der Waals surface area contributed by atoms with Crippen LogP contribution in [0.1, 0.15) is 57.4 Å². The Morgan fingerprint density at radius 1 is 0.921 bits per heavy atom. The molecule has 6 rings (SSSR count). The molecule has 3 aromatic carbocycles. The summed E-state index contributed by atoms with van der Waals surface area (Å²) >= 11 is 0. The van der Waals surface area contributed by atoms with E-state index in [2.05, 4.69) is 64.2 Å². The molecule has 0 aromatic heterocycles. The maximum Gasteiger partial charge on any atom is 0.281 e. The van der Waals surface area contributed by atoms with Gasteiger partial charge in [0.15, 0.2) is 11.2 Å². The Kier molecular flexibility index (Phi) is 5.41. The predicted molar refractivity (Wildman–Crippen MR) is 142 cm³/mol. The minimum atomic E-state index is -1.32. The highest BCUT2D eigenvalue weighted by Crippen LogP contribution is 2.75. The summed E-state index contributed by atoms with van der Waals surface area (Å²) in [6, 6.07) is 26.5. The van der Waals surface area contributed by atoms with Crippen molar-refractivity contribution in [2.75, 3.05) is 6.61 Å². The average molecular weight is 516 g/mol. The van der Waals surface area contributed by atoms with Crippen LogP contribution in [0.2, 0.25) is 0 Å². The van der Waals surface area contributed by atoms with E-state index in [1.807, 2.05) is 41.5 Å². The summed E-state index contributed by atoms with van der Waals surface area (Å²) in [6.45, 7) is 10.8. The number of nitro benzene ring substituents is 1. The van der Waals surface area contributed by atoms with E-state index in [1.54, 1.807) is 12.1 Å². The molecular formula is C30H33N3O5. The van der Waals surface area contributed by atoms with Gasteiger partial charge in [0.2, 0.25) is 0 Å². The van der Waals surface area contributed by atoms with E-state index in [1.165, 1.54) is 12.1 Å². The number of hydroxylamine groups is 2. The Morgan fingerprint density at radius 3 is 1.92 bits per heavy atom. The van der Waals surface area contributed by atoms with Crippen LogP contribution in [0.5, 0.6) is 0 Å². The second-order valence-corrected chi connectivity index (χ2v) is 12.0. The van der Waals surface area contributed by atoms with E-state index in [0.717, 1.165) is 16.7 Å². The van der Waals surface area contributed by atoms with Gasteiger partial charge in [-0.25, -0.2) is 4.84 Å². The van der Waals surface area contributed by atoms with Crippen LogP contribution in [0.25, 0.3) is 0 Å². The Hall–Kier alpha value is -3.14. The molecule has 3 fully saturated rings. The number of nitrogens with zero attached hydrogens (tertiary/aromatic N) is 2. The lowest BCUT2D eigenvalue weighted by Crippen LogP contribution is -2.59. The van der Waals surface area contributed by atoms with E-state index in [9.17, 15) is 10.1 Å². The summed E-state index contributed by atoms with van der Waals surface area (Å²) in [5, 5.41) is 17.1. The molecule has 3 aliphatic rings. The van der Waals surface area contributed by atoms with Crippen LogP contribution in [0.15, 0.2) is 84.9 Å². The van der Waals surface area contributed by atoms with Gasteiger partial charge in [0.05, 0.1) is 11.5 Å². The summed E-state index contributed by atoms with van der Waals surface area (Å²) in [7, 11) is 0. The largest absolute Gasteiger partial charge is 0.342 e. The fourth-order valence-corrected chi connectivity index (χ4v) is 6.15. The molecule has 3 aromatic rings. The van der Waals surface area contributed by atoms with Crippen molar-refractivity contribution in [1.29, 1.82) is 0 Å². The van der Waals surface area contributed by atoms with Crippen molar-refractivity contribution in [3.8, 4) is 0 Å². The zero-order chi connectivity index (χ0) is 27.0. The topological polar surface area (TPSA) is 89.4 Å². The van der Waals surface area contributed by atoms with Crippen LogP contribution in [0.3, 0.4) is 0 Å². The summed E-state index contributed by atoms with van der Waals surface area (Å²) in [4.78, 5) is 17.9. The Balaban J connectivity index is 1.64. The van der Waals surface area contributed by atoms with Gasteiger partial charge < -0.3 is 9.47 Å². The van der Waals surface area contributed by atoms with Gasteiger partial charge in [0, 0.05) is 23.2 Å². The number of benzene rings is 3. The van der Waals surface area contributed by atoms with E-state index in [0.29, 0.717) is 6.61 Å². The summed E-state index contributed by atoms with van der Waals surface area (Å²) < 4.78 is 13.8. The van der Waals surface area contributed by atoms with Crippen molar-refractivity contribution in [1.82, 2.24) is 10.4 Å². The first-order valence-electron chi connectivity index (χ1n) is 12.9. The first kappa shape index (κ1) is 25.2. The van der Waals surface area contributed by atoms with Gasteiger partial charge in [-0.2, -0.15) is 5.06 Å². The zero-order valence-electron chi connectivity index (χ0n) is 22.3. The molecule has 0 amide bonds. The van der Waals surface area contributed by atoms with Crippen LogP contribution >= 0.6 is 0 Å². The maximum absolute atomic E-state index is 11.5. The Bertz CT molecular complexity index is 1320. The van der Waals surface area contributed by atoms with Gasteiger partial charge >= 0.3 is 0 Å². The molecule has 198 valence electrons. The van der Waals surface area contributed by atoms with E-state index < -0.39 is 28.7 Å². The smallest absolute Gasteiger partial charge is 0.281 e. The zero-order valence-corrected chi connectivity index (χ0v) is 22.3. The molecule has 0 saturated carbocycles. The van der Waals surface area contributed by atoms with Crippen molar-refractivity contribution < 1.29 is 19.2 Å². The number of hydrogen-bond donors (Lipinski definition) is 1. The molecule has 3 heterocycles. The third-order valence-corrected chi connectivity index (χ3v) is 7.71. The molecule has 3 atom stereocenters. The molecule has 0 radical (unpaired) electrons. The molecule has 0 bridgehead atoms. The van der Waals surface area contributed by atoms with E-state index in [4.69, 9.17) is 14.3 Å². The predicted octanol–water partition coefficient (Wildman–Crippen LogP) is 5.45. The highest BCUT2D eigenvalue weighted by molar-refractivity contribution is 5.53.